The lowest BCUT2D eigenvalue weighted by Gasteiger charge is -2.32. The summed E-state index contributed by atoms with van der Waals surface area (Å²) in [5.41, 5.74) is 9.00. The van der Waals surface area contributed by atoms with E-state index in [0.29, 0.717) is 41.3 Å². The number of hydrogen-bond acceptors (Lipinski definition) is 8. The maximum Gasteiger partial charge on any atom is 0.278 e. The van der Waals surface area contributed by atoms with Crippen LogP contribution in [0.5, 0.6) is 0 Å². The van der Waals surface area contributed by atoms with Gasteiger partial charge in [0.1, 0.15) is 11.0 Å². The Morgan fingerprint density at radius 1 is 1.18 bits per heavy atom. The minimum atomic E-state index is -0.966. The monoisotopic (exact) mass is 526 g/mol. The van der Waals surface area contributed by atoms with Crippen LogP contribution >= 0.6 is 0 Å². The summed E-state index contributed by atoms with van der Waals surface area (Å²) in [6.45, 7) is 7.97. The van der Waals surface area contributed by atoms with Crippen molar-refractivity contribution in [2.75, 3.05) is 23.3 Å². The van der Waals surface area contributed by atoms with E-state index >= 15 is 0 Å². The van der Waals surface area contributed by atoms with E-state index < -0.39 is 5.60 Å². The van der Waals surface area contributed by atoms with Gasteiger partial charge in [0.2, 0.25) is 5.95 Å². The molecule has 1 aliphatic heterocycles. The van der Waals surface area contributed by atoms with Crippen LogP contribution in [0.25, 0.3) is 16.9 Å². The second-order valence-electron chi connectivity index (χ2n) is 10.5. The highest BCUT2D eigenvalue weighted by molar-refractivity contribution is 5.77. The highest BCUT2D eigenvalue weighted by atomic mass is 16.3. The summed E-state index contributed by atoms with van der Waals surface area (Å²) < 4.78 is 3.25. The van der Waals surface area contributed by atoms with E-state index in [9.17, 15) is 9.90 Å². The lowest BCUT2D eigenvalue weighted by atomic mass is 9.98. The Hall–Kier alpha value is -4.02. The highest BCUT2D eigenvalue weighted by Gasteiger charge is 2.37. The molecule has 2 aliphatic rings. The SMILES string of the molecule is C=CCn1c(=O)c2cnc(Nc3ccc(N4CCC(N)CC4)cc3)nc2n1-c1ccc2c(n1)[C@](O)(CC)CC2. The van der Waals surface area contributed by atoms with Crippen LogP contribution in [0.1, 0.15) is 43.9 Å². The van der Waals surface area contributed by atoms with Crippen LogP contribution in [0.15, 0.2) is 60.0 Å². The van der Waals surface area contributed by atoms with Crippen molar-refractivity contribution in [1.29, 1.82) is 0 Å². The minimum Gasteiger partial charge on any atom is -0.384 e. The van der Waals surface area contributed by atoms with Crippen molar-refractivity contribution >= 4 is 28.4 Å². The summed E-state index contributed by atoms with van der Waals surface area (Å²) in [6.07, 6.45) is 7.19. The number of aliphatic hydroxyl groups is 1. The molecule has 0 amide bonds. The van der Waals surface area contributed by atoms with Crippen molar-refractivity contribution in [3.8, 4) is 5.82 Å². The molecule has 1 atom stereocenters. The summed E-state index contributed by atoms with van der Waals surface area (Å²) in [6, 6.07) is 12.3. The Morgan fingerprint density at radius 3 is 2.67 bits per heavy atom. The van der Waals surface area contributed by atoms with Gasteiger partial charge < -0.3 is 21.1 Å². The van der Waals surface area contributed by atoms with Gasteiger partial charge >= 0.3 is 0 Å². The van der Waals surface area contributed by atoms with Crippen molar-refractivity contribution in [3.05, 3.63) is 76.9 Å². The number of aromatic nitrogens is 5. The molecule has 4 aromatic rings. The summed E-state index contributed by atoms with van der Waals surface area (Å²) in [4.78, 5) is 29.7. The number of fused-ring (bicyclic) bond motifs is 2. The molecule has 1 aromatic carbocycles. The molecule has 1 saturated heterocycles. The molecular formula is C29H34N8O2. The van der Waals surface area contributed by atoms with Crippen LogP contribution in [0.4, 0.5) is 17.3 Å². The first-order chi connectivity index (χ1) is 18.9. The third-order valence-corrected chi connectivity index (χ3v) is 8.02. The number of nitrogens with zero attached hydrogens (tertiary/aromatic N) is 6. The summed E-state index contributed by atoms with van der Waals surface area (Å²) in [5, 5.41) is 14.8. The van der Waals surface area contributed by atoms with E-state index in [0.717, 1.165) is 49.3 Å². The Morgan fingerprint density at radius 2 is 1.95 bits per heavy atom. The fourth-order valence-corrected chi connectivity index (χ4v) is 5.66. The first-order valence-electron chi connectivity index (χ1n) is 13.6. The van der Waals surface area contributed by atoms with Crippen molar-refractivity contribution in [2.45, 2.75) is 57.2 Å². The minimum absolute atomic E-state index is 0.227. The van der Waals surface area contributed by atoms with Gasteiger partial charge in [-0.15, -0.1) is 6.58 Å². The van der Waals surface area contributed by atoms with Crippen molar-refractivity contribution in [1.82, 2.24) is 24.3 Å². The van der Waals surface area contributed by atoms with Gasteiger partial charge in [0.05, 0.1) is 12.2 Å². The van der Waals surface area contributed by atoms with E-state index in [-0.39, 0.29) is 18.1 Å². The molecule has 1 fully saturated rings. The van der Waals surface area contributed by atoms with Crippen LogP contribution in [-0.2, 0) is 18.6 Å². The Labute approximate surface area is 226 Å². The number of rotatable bonds is 7. The number of nitrogens with one attached hydrogen (secondary N) is 1. The Kier molecular flexibility index (Phi) is 6.44. The molecule has 6 rings (SSSR count). The first kappa shape index (κ1) is 25.3. The van der Waals surface area contributed by atoms with Gasteiger partial charge in [-0.1, -0.05) is 19.1 Å². The smallest absolute Gasteiger partial charge is 0.278 e. The molecule has 0 saturated carbocycles. The van der Waals surface area contributed by atoms with Gasteiger partial charge in [-0.3, -0.25) is 4.79 Å². The number of anilines is 3. The van der Waals surface area contributed by atoms with Gasteiger partial charge in [-0.05, 0) is 68.0 Å². The number of pyridine rings is 1. The third-order valence-electron chi connectivity index (χ3n) is 8.02. The van der Waals surface area contributed by atoms with Gasteiger partial charge in [0, 0.05) is 36.7 Å². The van der Waals surface area contributed by atoms with Gasteiger partial charge in [0.25, 0.3) is 5.56 Å². The molecule has 0 spiro atoms. The molecular weight excluding hydrogens is 492 g/mol. The van der Waals surface area contributed by atoms with Crippen LogP contribution in [0.3, 0.4) is 0 Å². The second kappa shape index (κ2) is 9.94. The van der Waals surface area contributed by atoms with Gasteiger partial charge in [-0.25, -0.2) is 19.3 Å². The largest absolute Gasteiger partial charge is 0.384 e. The number of hydrogen-bond donors (Lipinski definition) is 3. The van der Waals surface area contributed by atoms with E-state index in [4.69, 9.17) is 15.7 Å². The van der Waals surface area contributed by atoms with E-state index in [1.807, 2.05) is 31.2 Å². The lowest BCUT2D eigenvalue weighted by Crippen LogP contribution is -2.39. The molecule has 4 N–H and O–H groups in total. The third kappa shape index (κ3) is 4.49. The zero-order valence-electron chi connectivity index (χ0n) is 22.2. The van der Waals surface area contributed by atoms with Crippen molar-refractivity contribution < 1.29 is 5.11 Å². The fourth-order valence-electron chi connectivity index (χ4n) is 5.66. The predicted molar refractivity (Wildman–Crippen MR) is 153 cm³/mol. The molecule has 10 nitrogen and oxygen atoms in total. The topological polar surface area (TPSA) is 127 Å². The maximum absolute atomic E-state index is 13.3. The Balaban J connectivity index is 1.36. The molecule has 10 heteroatoms. The number of allylic oxidation sites excluding steroid dienone is 1. The molecule has 202 valence electrons. The first-order valence-corrected chi connectivity index (χ1v) is 13.6. The molecule has 1 aliphatic carbocycles. The predicted octanol–water partition coefficient (Wildman–Crippen LogP) is 3.38. The summed E-state index contributed by atoms with van der Waals surface area (Å²) in [5.74, 6) is 0.890. The fraction of sp³-hybridized carbons (Fsp3) is 0.379. The standard InChI is InChI=1S/C29H34N8O2/c1-3-15-36-27(38)23-18-31-28(32-21-6-8-22(9-7-21)35-16-12-20(30)13-17-35)34-26(23)37(36)24-10-5-19-11-14-29(39,4-2)25(19)33-24/h3,5-10,18,20,39H,1,4,11-17,30H2,2H3,(H,31,32,34)/t29-/m0/s1. The number of benzene rings is 1. The maximum atomic E-state index is 13.3. The molecule has 39 heavy (non-hydrogen) atoms. The van der Waals surface area contributed by atoms with Crippen LogP contribution in [0.2, 0.25) is 0 Å². The Bertz CT molecular complexity index is 1580. The van der Waals surface area contributed by atoms with E-state index in [2.05, 4.69) is 33.9 Å². The molecule has 4 heterocycles. The average molecular weight is 527 g/mol. The number of nitrogens with two attached hydrogens (primary N) is 1. The van der Waals surface area contributed by atoms with Gasteiger partial charge in [0.15, 0.2) is 11.5 Å². The summed E-state index contributed by atoms with van der Waals surface area (Å²) in [7, 11) is 0. The van der Waals surface area contributed by atoms with E-state index in [1.165, 1.54) is 0 Å². The zero-order valence-corrected chi connectivity index (χ0v) is 22.2. The lowest BCUT2D eigenvalue weighted by molar-refractivity contribution is 0.0306. The van der Waals surface area contributed by atoms with Crippen LogP contribution < -0.4 is 21.5 Å². The summed E-state index contributed by atoms with van der Waals surface area (Å²) >= 11 is 0. The molecule has 0 unspecified atom stereocenters. The quantitative estimate of drug-likeness (QED) is 0.313. The van der Waals surface area contributed by atoms with Crippen molar-refractivity contribution in [3.63, 3.8) is 0 Å². The zero-order chi connectivity index (χ0) is 27.1. The van der Waals surface area contributed by atoms with Crippen LogP contribution in [0, 0.1) is 0 Å². The number of piperidine rings is 1. The highest BCUT2D eigenvalue weighted by Crippen LogP contribution is 2.38. The van der Waals surface area contributed by atoms with Crippen LogP contribution in [-0.4, -0.2) is 48.6 Å². The average Bonchev–Trinajstić information content (AvgIpc) is 3.43. The molecule has 3 aromatic heterocycles. The second-order valence-corrected chi connectivity index (χ2v) is 10.5. The molecule has 0 bridgehead atoms. The number of aryl methyl sites for hydroxylation is 1. The van der Waals surface area contributed by atoms with Crippen molar-refractivity contribution in [2.24, 2.45) is 5.73 Å². The van der Waals surface area contributed by atoms with Gasteiger partial charge in [-0.2, -0.15) is 4.98 Å². The molecule has 0 radical (unpaired) electrons. The van der Waals surface area contributed by atoms with E-state index in [1.54, 1.807) is 21.6 Å². The normalized spacial score (nSPS) is 19.4.